The SMILES string of the molecule is CCOc1ccc(OC)c(F)c1C(=O)c1ccc(C(=O)N[C@@H]2CN(C(=O)OC(C)(C)C)C[C@H]2NC(=O)c2ccncc2)cc1.COc1ccc(O)c(C(O)c2ccc(C(=O)N[C@@H]3CNC[C@H]3NC(=O)c3ccncc3)cc2)c1F. The molecule has 1 unspecified atom stereocenters. The lowest BCUT2D eigenvalue weighted by molar-refractivity contribution is 0.0285. The zero-order valence-electron chi connectivity index (χ0n) is 44.0. The molecule has 4 heterocycles. The number of amides is 5. The van der Waals surface area contributed by atoms with Gasteiger partial charge in [0.15, 0.2) is 28.9 Å². The highest BCUT2D eigenvalue weighted by Gasteiger charge is 2.39. The summed E-state index contributed by atoms with van der Waals surface area (Å²) in [4.78, 5) is 86.8. The molecule has 20 nitrogen and oxygen atoms in total. The molecule has 4 aromatic carbocycles. The zero-order chi connectivity index (χ0) is 57.0. The van der Waals surface area contributed by atoms with E-state index in [-0.39, 0.29) is 94.6 Å². The number of methoxy groups -OCH3 is 2. The van der Waals surface area contributed by atoms with E-state index in [0.29, 0.717) is 29.8 Å². The molecule has 8 rings (SSSR count). The fourth-order valence-electron chi connectivity index (χ4n) is 8.63. The van der Waals surface area contributed by atoms with Crippen LogP contribution >= 0.6 is 0 Å². The van der Waals surface area contributed by atoms with Crippen LogP contribution in [0.4, 0.5) is 13.6 Å². The van der Waals surface area contributed by atoms with Gasteiger partial charge in [0, 0.05) is 78.8 Å². The smallest absolute Gasteiger partial charge is 0.410 e. The van der Waals surface area contributed by atoms with Crippen LogP contribution in [0.25, 0.3) is 0 Å². The van der Waals surface area contributed by atoms with Crippen molar-refractivity contribution in [2.45, 2.75) is 63.6 Å². The number of nitrogens with one attached hydrogen (secondary N) is 5. The number of nitrogens with zero attached hydrogens (tertiary/aromatic N) is 3. The summed E-state index contributed by atoms with van der Waals surface area (Å²) in [6.07, 6.45) is 4.01. The van der Waals surface area contributed by atoms with Crippen LogP contribution in [0, 0.1) is 11.6 Å². The quantitative estimate of drug-likeness (QED) is 0.0588. The number of aromatic hydroxyl groups is 1. The lowest BCUT2D eigenvalue weighted by Gasteiger charge is -2.24. The number of hydrogen-bond acceptors (Lipinski definition) is 15. The summed E-state index contributed by atoms with van der Waals surface area (Å²) in [6, 6.07) is 21.4. The summed E-state index contributed by atoms with van der Waals surface area (Å²) in [5, 5.41) is 35.4. The van der Waals surface area contributed by atoms with Crippen LogP contribution in [0.1, 0.15) is 102 Å². The third-order valence-electron chi connectivity index (χ3n) is 12.7. The van der Waals surface area contributed by atoms with Crippen LogP contribution in [0.15, 0.2) is 122 Å². The molecule has 6 aromatic rings. The number of ketones is 1. The first-order valence-corrected chi connectivity index (χ1v) is 25.0. The van der Waals surface area contributed by atoms with E-state index in [9.17, 15) is 43.4 Å². The molecule has 2 aliphatic heterocycles. The van der Waals surface area contributed by atoms with Gasteiger partial charge in [-0.3, -0.25) is 33.9 Å². The number of pyridine rings is 2. The number of aromatic nitrogens is 2. The van der Waals surface area contributed by atoms with E-state index in [1.54, 1.807) is 52.0 Å². The average molecular weight is 1090 g/mol. The molecule has 2 aromatic heterocycles. The van der Waals surface area contributed by atoms with Gasteiger partial charge in [-0.05, 0) is 106 Å². The van der Waals surface area contributed by atoms with Crippen molar-refractivity contribution in [3.8, 4) is 23.0 Å². The Kier molecular flexibility index (Phi) is 18.9. The van der Waals surface area contributed by atoms with Crippen LogP contribution in [0.3, 0.4) is 0 Å². The van der Waals surface area contributed by atoms with E-state index in [1.165, 1.54) is 117 Å². The maximum absolute atomic E-state index is 15.1. The number of aliphatic hydroxyl groups is 1. The Morgan fingerprint density at radius 1 is 0.620 bits per heavy atom. The van der Waals surface area contributed by atoms with Gasteiger partial charge in [-0.25, -0.2) is 13.6 Å². The molecule has 0 radical (unpaired) electrons. The van der Waals surface area contributed by atoms with Crippen LogP contribution in [-0.2, 0) is 4.74 Å². The molecule has 0 spiro atoms. The minimum Gasteiger partial charge on any atom is -0.507 e. The second kappa shape index (κ2) is 25.9. The number of benzene rings is 4. The van der Waals surface area contributed by atoms with Gasteiger partial charge >= 0.3 is 6.09 Å². The molecule has 414 valence electrons. The number of carbonyl (C=O) groups is 6. The number of rotatable bonds is 16. The van der Waals surface area contributed by atoms with Crippen molar-refractivity contribution in [2.75, 3.05) is 47.0 Å². The van der Waals surface area contributed by atoms with Gasteiger partial charge in [0.05, 0.1) is 50.6 Å². The summed E-state index contributed by atoms with van der Waals surface area (Å²) in [7, 11) is 2.58. The molecular formula is C57H60F2N8O12. The molecule has 5 amide bonds. The Balaban J connectivity index is 0.000000234. The van der Waals surface area contributed by atoms with Gasteiger partial charge < -0.3 is 60.6 Å². The first kappa shape index (κ1) is 57.7. The second-order valence-corrected chi connectivity index (χ2v) is 19.2. The first-order chi connectivity index (χ1) is 37.8. The molecule has 2 fully saturated rings. The van der Waals surface area contributed by atoms with Gasteiger partial charge in [-0.1, -0.05) is 24.3 Å². The van der Waals surface area contributed by atoms with Crippen LogP contribution in [-0.4, -0.2) is 137 Å². The van der Waals surface area contributed by atoms with Crippen LogP contribution < -0.4 is 40.8 Å². The monoisotopic (exact) mass is 1090 g/mol. The molecule has 2 aliphatic rings. The number of phenols is 1. The van der Waals surface area contributed by atoms with E-state index in [4.69, 9.17) is 18.9 Å². The highest BCUT2D eigenvalue weighted by molar-refractivity contribution is 6.11. The maximum atomic E-state index is 15.1. The lowest BCUT2D eigenvalue weighted by atomic mass is 9.98. The Labute approximate surface area is 453 Å². The topological polar surface area (TPSA) is 269 Å². The molecular weight excluding hydrogens is 1030 g/mol. The summed E-state index contributed by atoms with van der Waals surface area (Å²) in [6.45, 7) is 8.37. The van der Waals surface area contributed by atoms with Crippen molar-refractivity contribution in [1.29, 1.82) is 0 Å². The zero-order valence-corrected chi connectivity index (χ0v) is 44.0. The third kappa shape index (κ3) is 14.3. The van der Waals surface area contributed by atoms with E-state index in [1.807, 2.05) is 0 Å². The molecule has 79 heavy (non-hydrogen) atoms. The summed E-state index contributed by atoms with van der Waals surface area (Å²) in [5.41, 5.74) is 0.490. The van der Waals surface area contributed by atoms with Crippen molar-refractivity contribution in [1.82, 2.24) is 41.5 Å². The second-order valence-electron chi connectivity index (χ2n) is 19.2. The molecule has 0 aliphatic carbocycles. The largest absolute Gasteiger partial charge is 0.507 e. The number of ether oxygens (including phenoxy) is 4. The highest BCUT2D eigenvalue weighted by atomic mass is 19.1. The number of carbonyl (C=O) groups excluding carboxylic acids is 6. The van der Waals surface area contributed by atoms with Crippen molar-refractivity contribution in [3.05, 3.63) is 178 Å². The Hall–Kier alpha value is -9.02. The van der Waals surface area contributed by atoms with Crippen molar-refractivity contribution in [3.63, 3.8) is 0 Å². The summed E-state index contributed by atoms with van der Waals surface area (Å²) in [5.74, 6) is -4.40. The predicted molar refractivity (Wildman–Crippen MR) is 283 cm³/mol. The number of halogens is 2. The molecule has 22 heteroatoms. The lowest BCUT2D eigenvalue weighted by Crippen LogP contribution is -2.51. The molecule has 7 N–H and O–H groups in total. The van der Waals surface area contributed by atoms with E-state index in [2.05, 4.69) is 36.6 Å². The van der Waals surface area contributed by atoms with Crippen molar-refractivity contribution < 1.29 is 66.7 Å². The number of phenolic OH excluding ortho intramolecular Hbond substituents is 1. The van der Waals surface area contributed by atoms with E-state index >= 15 is 4.39 Å². The molecule has 0 bridgehead atoms. The minimum atomic E-state index is -1.46. The van der Waals surface area contributed by atoms with E-state index < -0.39 is 59.0 Å². The van der Waals surface area contributed by atoms with Gasteiger partial charge in [0.25, 0.3) is 23.6 Å². The van der Waals surface area contributed by atoms with Gasteiger partial charge in [0.1, 0.15) is 28.8 Å². The third-order valence-corrected chi connectivity index (χ3v) is 12.7. The first-order valence-electron chi connectivity index (χ1n) is 25.0. The van der Waals surface area contributed by atoms with Gasteiger partial charge in [-0.2, -0.15) is 0 Å². The van der Waals surface area contributed by atoms with E-state index in [0.717, 1.165) is 0 Å². The normalized spacial score (nSPS) is 17.0. The Morgan fingerprint density at radius 2 is 1.04 bits per heavy atom. The standard InChI is InChI=1S/C32H35FN4O7.C25H25FN4O5/c1-6-43-24-11-12-25(42-5)27(33)26(24)28(38)19-7-9-20(10-8-19)29(39)35-22-17-37(31(41)44-32(2,3)4)18-23(22)36-30(40)21-13-15-34-16-14-21;1-35-20-7-6-19(31)21(22(20)26)23(32)14-2-4-15(5-3-14)24(33)29-17-12-28-13-18(17)30-25(34)16-8-10-27-11-9-16/h7-16,22-23H,6,17-18H2,1-5H3,(H,35,39)(H,36,40);2-11,17-18,23,28,31-32H,12-13H2,1H3,(H,29,33)(H,30,34)/t22-,23-;17-,18-,23?/m11/s1. The Bertz CT molecular complexity index is 3150. The highest BCUT2D eigenvalue weighted by Crippen LogP contribution is 2.36. The molecule has 5 atom stereocenters. The Morgan fingerprint density at radius 3 is 1.51 bits per heavy atom. The van der Waals surface area contributed by atoms with Gasteiger partial charge in [0.2, 0.25) is 0 Å². The fourth-order valence-corrected chi connectivity index (χ4v) is 8.63. The summed E-state index contributed by atoms with van der Waals surface area (Å²) >= 11 is 0. The van der Waals surface area contributed by atoms with Crippen LogP contribution in [0.2, 0.25) is 0 Å². The van der Waals surface area contributed by atoms with Gasteiger partial charge in [-0.15, -0.1) is 0 Å². The summed E-state index contributed by atoms with van der Waals surface area (Å²) < 4.78 is 50.6. The van der Waals surface area contributed by atoms with Crippen molar-refractivity contribution in [2.24, 2.45) is 0 Å². The molecule has 0 saturated carbocycles. The maximum Gasteiger partial charge on any atom is 0.410 e. The minimum absolute atomic E-state index is 0.0771. The number of likely N-dealkylation sites (tertiary alicyclic amines) is 1. The molecule has 2 saturated heterocycles. The van der Waals surface area contributed by atoms with Crippen LogP contribution in [0.5, 0.6) is 23.0 Å². The predicted octanol–water partition coefficient (Wildman–Crippen LogP) is 5.52. The average Bonchev–Trinajstić information content (AvgIpc) is 4.08. The number of hydrogen-bond donors (Lipinski definition) is 7. The number of aliphatic hydroxyl groups excluding tert-OH is 1. The van der Waals surface area contributed by atoms with Crippen molar-refractivity contribution >= 4 is 35.5 Å². The fraction of sp³-hybridized carbons (Fsp3) is 0.298.